The van der Waals surface area contributed by atoms with Crippen LogP contribution in [0.2, 0.25) is 10.0 Å². The standard InChI is InChI=1S/C21H14Cl2F3N3O2S2/c1-11-7-12(10-27-20(11)33(2,30)31)17-5-6-18(32-17)16-9-19(21(24,25)26)28-29(16)15-8-13(22)3-4-14(15)23/h3-10H,1-2H3. The van der Waals surface area contributed by atoms with Gasteiger partial charge in [0.1, 0.15) is 0 Å². The predicted octanol–water partition coefficient (Wildman–Crippen LogP) is 6.70. The molecule has 0 aliphatic rings. The van der Waals surface area contributed by atoms with Crippen LogP contribution in [0.15, 0.2) is 53.7 Å². The quantitative estimate of drug-likeness (QED) is 0.294. The van der Waals surface area contributed by atoms with Gasteiger partial charge in [-0.2, -0.15) is 18.3 Å². The molecule has 0 aliphatic heterocycles. The molecular formula is C21H14Cl2F3N3O2S2. The van der Waals surface area contributed by atoms with Gasteiger partial charge in [0.15, 0.2) is 20.6 Å². The molecule has 33 heavy (non-hydrogen) atoms. The van der Waals surface area contributed by atoms with E-state index in [0.29, 0.717) is 25.9 Å². The monoisotopic (exact) mass is 531 g/mol. The maximum atomic E-state index is 13.5. The largest absolute Gasteiger partial charge is 0.435 e. The van der Waals surface area contributed by atoms with Crippen molar-refractivity contribution >= 4 is 44.4 Å². The van der Waals surface area contributed by atoms with Gasteiger partial charge in [-0.1, -0.05) is 23.2 Å². The van der Waals surface area contributed by atoms with Crippen molar-refractivity contribution < 1.29 is 21.6 Å². The Morgan fingerprint density at radius 2 is 1.73 bits per heavy atom. The molecule has 3 aromatic heterocycles. The number of thiophene rings is 1. The van der Waals surface area contributed by atoms with E-state index in [9.17, 15) is 21.6 Å². The molecule has 1 aromatic carbocycles. The van der Waals surface area contributed by atoms with Crippen LogP contribution in [0, 0.1) is 6.92 Å². The summed E-state index contributed by atoms with van der Waals surface area (Å²) in [5.41, 5.74) is 0.428. The van der Waals surface area contributed by atoms with Crippen molar-refractivity contribution in [1.29, 1.82) is 0 Å². The van der Waals surface area contributed by atoms with Crippen molar-refractivity contribution in [3.05, 3.63) is 70.0 Å². The second-order valence-electron chi connectivity index (χ2n) is 7.20. The predicted molar refractivity (Wildman–Crippen MR) is 123 cm³/mol. The Morgan fingerprint density at radius 3 is 2.36 bits per heavy atom. The normalized spacial score (nSPS) is 12.3. The fourth-order valence-electron chi connectivity index (χ4n) is 3.24. The Morgan fingerprint density at radius 1 is 1.03 bits per heavy atom. The van der Waals surface area contributed by atoms with Crippen molar-refractivity contribution in [2.45, 2.75) is 18.1 Å². The Bertz CT molecular complexity index is 1480. The van der Waals surface area contributed by atoms with Crippen molar-refractivity contribution in [3.8, 4) is 26.7 Å². The molecule has 0 bridgehead atoms. The smallest absolute Gasteiger partial charge is 0.244 e. The first-order valence-corrected chi connectivity index (χ1v) is 12.7. The van der Waals surface area contributed by atoms with Crippen LogP contribution in [0.1, 0.15) is 11.3 Å². The summed E-state index contributed by atoms with van der Waals surface area (Å²) < 4.78 is 65.1. The summed E-state index contributed by atoms with van der Waals surface area (Å²) >= 11 is 13.5. The van der Waals surface area contributed by atoms with Gasteiger partial charge in [0, 0.05) is 27.9 Å². The number of aromatic nitrogens is 3. The molecule has 0 atom stereocenters. The van der Waals surface area contributed by atoms with E-state index in [4.69, 9.17) is 23.2 Å². The van der Waals surface area contributed by atoms with Crippen LogP contribution >= 0.6 is 34.5 Å². The van der Waals surface area contributed by atoms with Crippen molar-refractivity contribution in [2.75, 3.05) is 6.26 Å². The molecule has 0 saturated carbocycles. The van der Waals surface area contributed by atoms with Gasteiger partial charge in [-0.25, -0.2) is 18.1 Å². The number of sulfone groups is 1. The number of halogens is 5. The van der Waals surface area contributed by atoms with Gasteiger partial charge >= 0.3 is 6.18 Å². The minimum Gasteiger partial charge on any atom is -0.244 e. The highest BCUT2D eigenvalue weighted by Gasteiger charge is 2.35. The molecule has 3 heterocycles. The van der Waals surface area contributed by atoms with E-state index < -0.39 is 21.7 Å². The SMILES string of the molecule is Cc1cc(-c2ccc(-c3cc(C(F)(F)F)nn3-c3cc(Cl)ccc3Cl)s2)cnc1S(C)(=O)=O. The highest BCUT2D eigenvalue weighted by Crippen LogP contribution is 2.40. The molecule has 4 rings (SSSR count). The summed E-state index contributed by atoms with van der Waals surface area (Å²) in [6.45, 7) is 1.63. The molecule has 0 radical (unpaired) electrons. The summed E-state index contributed by atoms with van der Waals surface area (Å²) in [4.78, 5) is 5.24. The lowest BCUT2D eigenvalue weighted by Crippen LogP contribution is -2.07. The maximum absolute atomic E-state index is 13.5. The molecule has 172 valence electrons. The maximum Gasteiger partial charge on any atom is 0.435 e. The van der Waals surface area contributed by atoms with Gasteiger partial charge < -0.3 is 0 Å². The fraction of sp³-hybridized carbons (Fsp3) is 0.143. The number of pyridine rings is 1. The molecule has 0 amide bonds. The Kier molecular flexibility index (Phi) is 6.06. The second kappa shape index (κ2) is 8.43. The van der Waals surface area contributed by atoms with Gasteiger partial charge in [-0.3, -0.25) is 0 Å². The molecule has 0 spiro atoms. The van der Waals surface area contributed by atoms with Gasteiger partial charge in [-0.05, 0) is 55.0 Å². The van der Waals surface area contributed by atoms with Crippen LogP contribution in [-0.2, 0) is 16.0 Å². The van der Waals surface area contributed by atoms with E-state index in [1.165, 1.54) is 35.7 Å². The van der Waals surface area contributed by atoms with Crippen molar-refractivity contribution in [2.24, 2.45) is 0 Å². The van der Waals surface area contributed by atoms with E-state index >= 15 is 0 Å². The number of aryl methyl sites for hydroxylation is 1. The van der Waals surface area contributed by atoms with Crippen molar-refractivity contribution in [1.82, 2.24) is 14.8 Å². The Balaban J connectivity index is 1.84. The topological polar surface area (TPSA) is 64.8 Å². The molecule has 0 saturated heterocycles. The van der Waals surface area contributed by atoms with Crippen molar-refractivity contribution in [3.63, 3.8) is 0 Å². The molecule has 0 aliphatic carbocycles. The van der Waals surface area contributed by atoms with E-state index in [1.807, 2.05) is 0 Å². The first-order chi connectivity index (χ1) is 15.3. The van der Waals surface area contributed by atoms with Gasteiger partial charge in [-0.15, -0.1) is 11.3 Å². The van der Waals surface area contributed by atoms with Crippen LogP contribution in [-0.4, -0.2) is 29.4 Å². The van der Waals surface area contributed by atoms with E-state index in [-0.39, 0.29) is 21.4 Å². The minimum atomic E-state index is -4.66. The summed E-state index contributed by atoms with van der Waals surface area (Å²) in [7, 11) is -3.47. The highest BCUT2D eigenvalue weighted by atomic mass is 35.5. The summed E-state index contributed by atoms with van der Waals surface area (Å²) in [6, 6.07) is 10.4. The second-order valence-corrected chi connectivity index (χ2v) is 11.1. The Hall–Kier alpha value is -2.40. The molecule has 4 aromatic rings. The van der Waals surface area contributed by atoms with Gasteiger partial charge in [0.2, 0.25) is 0 Å². The summed E-state index contributed by atoms with van der Waals surface area (Å²) in [5.74, 6) is 0. The molecular weight excluding hydrogens is 518 g/mol. The van der Waals surface area contributed by atoms with E-state index in [1.54, 1.807) is 25.1 Å². The molecule has 12 heteroatoms. The number of rotatable bonds is 4. The Labute approximate surface area is 201 Å². The third-order valence-electron chi connectivity index (χ3n) is 4.66. The zero-order valence-electron chi connectivity index (χ0n) is 17.0. The zero-order chi connectivity index (χ0) is 24.1. The molecule has 5 nitrogen and oxygen atoms in total. The average Bonchev–Trinajstić information content (AvgIpc) is 3.35. The summed E-state index contributed by atoms with van der Waals surface area (Å²) in [5, 5.41) is 4.20. The number of hydrogen-bond acceptors (Lipinski definition) is 5. The first-order valence-electron chi connectivity index (χ1n) is 9.24. The lowest BCUT2D eigenvalue weighted by atomic mass is 10.2. The number of alkyl halides is 3. The van der Waals surface area contributed by atoms with Crippen LogP contribution < -0.4 is 0 Å². The fourth-order valence-corrected chi connectivity index (χ4v) is 5.48. The lowest BCUT2D eigenvalue weighted by molar-refractivity contribution is -0.141. The average molecular weight is 532 g/mol. The van der Waals surface area contributed by atoms with Crippen LogP contribution in [0.4, 0.5) is 13.2 Å². The highest BCUT2D eigenvalue weighted by molar-refractivity contribution is 7.90. The van der Waals surface area contributed by atoms with Crippen LogP contribution in [0.25, 0.3) is 26.7 Å². The molecule has 0 N–H and O–H groups in total. The minimum absolute atomic E-state index is 0.0217. The van der Waals surface area contributed by atoms with E-state index in [0.717, 1.165) is 17.0 Å². The third kappa shape index (κ3) is 4.79. The van der Waals surface area contributed by atoms with E-state index in [2.05, 4.69) is 10.1 Å². The van der Waals surface area contributed by atoms with Crippen LogP contribution in [0.5, 0.6) is 0 Å². The summed E-state index contributed by atoms with van der Waals surface area (Å²) in [6.07, 6.45) is -2.16. The van der Waals surface area contributed by atoms with Gasteiger partial charge in [0.05, 0.1) is 21.3 Å². The van der Waals surface area contributed by atoms with Crippen LogP contribution in [0.3, 0.4) is 0 Å². The van der Waals surface area contributed by atoms with Gasteiger partial charge in [0.25, 0.3) is 0 Å². The molecule has 0 unspecified atom stereocenters. The number of hydrogen-bond donors (Lipinski definition) is 0. The number of nitrogens with zero attached hydrogens (tertiary/aromatic N) is 3. The third-order valence-corrected chi connectivity index (χ3v) is 7.50. The first kappa shape index (κ1) is 23.7. The lowest BCUT2D eigenvalue weighted by Gasteiger charge is -2.09. The number of benzene rings is 1. The molecule has 0 fully saturated rings. The zero-order valence-corrected chi connectivity index (χ0v) is 20.1.